The van der Waals surface area contributed by atoms with Crippen LogP contribution in [0.4, 0.5) is 0 Å². The third-order valence-corrected chi connectivity index (χ3v) is 3.53. The van der Waals surface area contributed by atoms with Crippen LogP contribution >= 0.6 is 0 Å². The molecule has 1 aromatic heterocycles. The molecule has 1 heterocycles. The number of ketones is 1. The van der Waals surface area contributed by atoms with E-state index in [0.717, 1.165) is 5.69 Å². The molecule has 0 saturated heterocycles. The number of aromatic nitrogens is 1. The number of amides is 1. The third-order valence-electron chi connectivity index (χ3n) is 3.53. The summed E-state index contributed by atoms with van der Waals surface area (Å²) in [5, 5.41) is 11.8. The normalized spacial score (nSPS) is 11.5. The number of rotatable bonds is 6. The Kier molecular flexibility index (Phi) is 5.11. The van der Waals surface area contributed by atoms with Crippen molar-refractivity contribution >= 4 is 11.7 Å². The molecule has 5 nitrogen and oxygen atoms in total. The minimum atomic E-state index is -0.218. The monoisotopic (exact) mass is 280 g/mol. The number of aromatic amines is 1. The second-order valence-electron chi connectivity index (χ2n) is 6.00. The van der Waals surface area contributed by atoms with E-state index in [0.29, 0.717) is 29.8 Å². The highest BCUT2D eigenvalue weighted by atomic mass is 16.3. The van der Waals surface area contributed by atoms with E-state index in [-0.39, 0.29) is 23.7 Å². The second-order valence-corrected chi connectivity index (χ2v) is 6.00. The average Bonchev–Trinajstić information content (AvgIpc) is 2.62. The molecular weight excluding hydrogens is 256 g/mol. The summed E-state index contributed by atoms with van der Waals surface area (Å²) in [6.07, 6.45) is 0.620. The Morgan fingerprint density at radius 3 is 2.35 bits per heavy atom. The van der Waals surface area contributed by atoms with Gasteiger partial charge in [0.25, 0.3) is 5.91 Å². The van der Waals surface area contributed by atoms with E-state index < -0.39 is 0 Å². The number of aliphatic hydroxyl groups is 1. The van der Waals surface area contributed by atoms with Gasteiger partial charge in [-0.1, -0.05) is 13.8 Å². The summed E-state index contributed by atoms with van der Waals surface area (Å²) < 4.78 is 0. The van der Waals surface area contributed by atoms with Gasteiger partial charge in [0.1, 0.15) is 5.69 Å². The molecule has 1 amide bonds. The lowest BCUT2D eigenvalue weighted by Gasteiger charge is -2.23. The zero-order valence-corrected chi connectivity index (χ0v) is 12.9. The highest BCUT2D eigenvalue weighted by Gasteiger charge is 2.22. The molecule has 1 aromatic rings. The van der Waals surface area contributed by atoms with Gasteiger partial charge in [-0.3, -0.25) is 9.59 Å². The van der Waals surface area contributed by atoms with E-state index in [4.69, 9.17) is 5.11 Å². The molecule has 0 bridgehead atoms. The maximum Gasteiger partial charge on any atom is 0.268 e. The van der Waals surface area contributed by atoms with Gasteiger partial charge in [-0.05, 0) is 38.2 Å². The molecule has 0 fully saturated rings. The van der Waals surface area contributed by atoms with Crippen molar-refractivity contribution in [1.82, 2.24) is 10.3 Å². The van der Waals surface area contributed by atoms with Crippen LogP contribution < -0.4 is 5.32 Å². The standard InChI is InChI=1S/C15H24N2O3/c1-9-12(11(3)19)10(2)17-13(9)14(20)16-8-15(4,5)6-7-18/h17-18H,6-8H2,1-5H3,(H,16,20). The van der Waals surface area contributed by atoms with E-state index in [9.17, 15) is 9.59 Å². The van der Waals surface area contributed by atoms with Crippen LogP contribution in [-0.4, -0.2) is 34.9 Å². The fourth-order valence-corrected chi connectivity index (χ4v) is 2.30. The van der Waals surface area contributed by atoms with Gasteiger partial charge >= 0.3 is 0 Å². The van der Waals surface area contributed by atoms with Gasteiger partial charge in [0.2, 0.25) is 0 Å². The number of carbonyl (C=O) groups excluding carboxylic acids is 2. The summed E-state index contributed by atoms with van der Waals surface area (Å²) in [5.41, 5.74) is 2.27. The van der Waals surface area contributed by atoms with Crippen molar-refractivity contribution < 1.29 is 14.7 Å². The van der Waals surface area contributed by atoms with Crippen LogP contribution in [0.3, 0.4) is 0 Å². The molecule has 0 atom stereocenters. The molecular formula is C15H24N2O3. The number of nitrogens with one attached hydrogen (secondary N) is 2. The predicted molar refractivity (Wildman–Crippen MR) is 78.1 cm³/mol. The SMILES string of the molecule is CC(=O)c1c(C)[nH]c(C(=O)NCC(C)(C)CCO)c1C. The first-order valence-electron chi connectivity index (χ1n) is 6.79. The molecule has 0 aliphatic heterocycles. The Balaban J connectivity index is 2.84. The maximum atomic E-state index is 12.2. The summed E-state index contributed by atoms with van der Waals surface area (Å²) in [6.45, 7) is 9.59. The van der Waals surface area contributed by atoms with Crippen molar-refractivity contribution in [3.8, 4) is 0 Å². The molecule has 20 heavy (non-hydrogen) atoms. The molecule has 0 aliphatic carbocycles. The van der Waals surface area contributed by atoms with E-state index in [1.165, 1.54) is 6.92 Å². The zero-order chi connectivity index (χ0) is 15.5. The minimum Gasteiger partial charge on any atom is -0.396 e. The quantitative estimate of drug-likeness (QED) is 0.697. The number of H-pyrrole nitrogens is 1. The molecule has 5 heteroatoms. The van der Waals surface area contributed by atoms with Gasteiger partial charge in [0, 0.05) is 24.4 Å². The molecule has 112 valence electrons. The lowest BCUT2D eigenvalue weighted by Crippen LogP contribution is -2.35. The number of aryl methyl sites for hydroxylation is 1. The summed E-state index contributed by atoms with van der Waals surface area (Å²) in [4.78, 5) is 26.7. The maximum absolute atomic E-state index is 12.2. The van der Waals surface area contributed by atoms with Crippen molar-refractivity contribution in [3.63, 3.8) is 0 Å². The summed E-state index contributed by atoms with van der Waals surface area (Å²) >= 11 is 0. The van der Waals surface area contributed by atoms with Crippen LogP contribution in [0.2, 0.25) is 0 Å². The molecule has 0 radical (unpaired) electrons. The van der Waals surface area contributed by atoms with Crippen LogP contribution in [0.25, 0.3) is 0 Å². The summed E-state index contributed by atoms with van der Waals surface area (Å²) in [6, 6.07) is 0. The van der Waals surface area contributed by atoms with Gasteiger partial charge in [-0.25, -0.2) is 0 Å². The van der Waals surface area contributed by atoms with Crippen LogP contribution in [0.15, 0.2) is 0 Å². The lowest BCUT2D eigenvalue weighted by molar-refractivity contribution is 0.0923. The van der Waals surface area contributed by atoms with Crippen LogP contribution in [0.1, 0.15) is 59.3 Å². The van der Waals surface area contributed by atoms with E-state index in [1.54, 1.807) is 13.8 Å². The molecule has 0 aromatic carbocycles. The number of hydrogen-bond donors (Lipinski definition) is 3. The fourth-order valence-electron chi connectivity index (χ4n) is 2.30. The highest BCUT2D eigenvalue weighted by molar-refractivity contribution is 6.02. The Morgan fingerprint density at radius 2 is 1.90 bits per heavy atom. The van der Waals surface area contributed by atoms with Gasteiger partial charge in [0.15, 0.2) is 5.78 Å². The summed E-state index contributed by atoms with van der Waals surface area (Å²) in [7, 11) is 0. The largest absolute Gasteiger partial charge is 0.396 e. The Morgan fingerprint density at radius 1 is 1.30 bits per heavy atom. The zero-order valence-electron chi connectivity index (χ0n) is 12.9. The number of hydrogen-bond acceptors (Lipinski definition) is 3. The highest BCUT2D eigenvalue weighted by Crippen LogP contribution is 2.20. The third kappa shape index (κ3) is 3.70. The van der Waals surface area contributed by atoms with Crippen molar-refractivity contribution in [2.24, 2.45) is 5.41 Å². The Bertz CT molecular complexity index is 515. The molecule has 1 rings (SSSR count). The van der Waals surface area contributed by atoms with Gasteiger partial charge < -0.3 is 15.4 Å². The molecule has 0 unspecified atom stereocenters. The molecule has 3 N–H and O–H groups in total. The smallest absolute Gasteiger partial charge is 0.268 e. The van der Waals surface area contributed by atoms with Crippen LogP contribution in [0, 0.1) is 19.3 Å². The second kappa shape index (κ2) is 6.22. The fraction of sp³-hybridized carbons (Fsp3) is 0.600. The lowest BCUT2D eigenvalue weighted by atomic mass is 9.90. The first-order valence-corrected chi connectivity index (χ1v) is 6.79. The molecule has 0 aliphatic rings. The van der Waals surface area contributed by atoms with Gasteiger partial charge in [-0.2, -0.15) is 0 Å². The average molecular weight is 280 g/mol. The molecule has 0 spiro atoms. The van der Waals surface area contributed by atoms with E-state index in [2.05, 4.69) is 10.3 Å². The molecule has 0 saturated carbocycles. The summed E-state index contributed by atoms with van der Waals surface area (Å²) in [5.74, 6) is -0.264. The number of carbonyl (C=O) groups is 2. The van der Waals surface area contributed by atoms with Gasteiger partial charge in [-0.15, -0.1) is 0 Å². The van der Waals surface area contributed by atoms with Crippen molar-refractivity contribution in [2.45, 2.75) is 41.0 Å². The Hall–Kier alpha value is -1.62. The van der Waals surface area contributed by atoms with E-state index in [1.807, 2.05) is 13.8 Å². The van der Waals surface area contributed by atoms with Crippen molar-refractivity contribution in [3.05, 3.63) is 22.5 Å². The van der Waals surface area contributed by atoms with E-state index >= 15 is 0 Å². The first-order chi connectivity index (χ1) is 9.19. The van der Waals surface area contributed by atoms with Crippen molar-refractivity contribution in [2.75, 3.05) is 13.2 Å². The van der Waals surface area contributed by atoms with Crippen LogP contribution in [-0.2, 0) is 0 Å². The number of Topliss-reactive ketones (excluding diaryl/α,β-unsaturated/α-hetero) is 1. The number of aliphatic hydroxyl groups excluding tert-OH is 1. The minimum absolute atomic E-state index is 0.0455. The predicted octanol–water partition coefficient (Wildman–Crippen LogP) is 1.97. The Labute approximate surface area is 119 Å². The van der Waals surface area contributed by atoms with Crippen molar-refractivity contribution in [1.29, 1.82) is 0 Å². The van der Waals surface area contributed by atoms with Crippen LogP contribution in [0.5, 0.6) is 0 Å². The van der Waals surface area contributed by atoms with Gasteiger partial charge in [0.05, 0.1) is 0 Å². The first kappa shape index (κ1) is 16.4. The topological polar surface area (TPSA) is 82.2 Å².